The third kappa shape index (κ3) is 2.48. The SMILES string of the molecule is CCN(c1ccccc1)c1cccc([N+](=O)[O-])c1. The lowest BCUT2D eigenvalue weighted by Crippen LogP contribution is -2.15. The summed E-state index contributed by atoms with van der Waals surface area (Å²) in [5.74, 6) is 0. The fourth-order valence-electron chi connectivity index (χ4n) is 1.90. The molecule has 2 aromatic rings. The number of anilines is 2. The zero-order valence-corrected chi connectivity index (χ0v) is 10.1. The van der Waals surface area contributed by atoms with Gasteiger partial charge in [0.1, 0.15) is 0 Å². The van der Waals surface area contributed by atoms with E-state index in [9.17, 15) is 10.1 Å². The van der Waals surface area contributed by atoms with Crippen molar-refractivity contribution < 1.29 is 4.92 Å². The fourth-order valence-corrected chi connectivity index (χ4v) is 1.90. The second kappa shape index (κ2) is 5.31. The summed E-state index contributed by atoms with van der Waals surface area (Å²) in [6.07, 6.45) is 0. The lowest BCUT2D eigenvalue weighted by Gasteiger charge is -2.22. The van der Waals surface area contributed by atoms with Gasteiger partial charge in [-0.25, -0.2) is 0 Å². The summed E-state index contributed by atoms with van der Waals surface area (Å²) in [5.41, 5.74) is 1.97. The van der Waals surface area contributed by atoms with Crippen molar-refractivity contribution >= 4 is 17.1 Å². The fraction of sp³-hybridized carbons (Fsp3) is 0.143. The first kappa shape index (κ1) is 12.1. The molecule has 4 heteroatoms. The highest BCUT2D eigenvalue weighted by molar-refractivity contribution is 5.65. The van der Waals surface area contributed by atoms with Crippen molar-refractivity contribution in [2.45, 2.75) is 6.92 Å². The molecule has 0 bridgehead atoms. The maximum Gasteiger partial charge on any atom is 0.271 e. The number of non-ortho nitro benzene ring substituents is 1. The predicted molar refractivity (Wildman–Crippen MR) is 72.2 cm³/mol. The topological polar surface area (TPSA) is 46.4 Å². The number of nitro groups is 1. The summed E-state index contributed by atoms with van der Waals surface area (Å²) >= 11 is 0. The molecule has 0 aliphatic carbocycles. The van der Waals surface area contributed by atoms with Crippen molar-refractivity contribution in [1.82, 2.24) is 0 Å². The second-order valence-electron chi connectivity index (χ2n) is 3.86. The molecule has 0 aliphatic rings. The van der Waals surface area contributed by atoms with Crippen molar-refractivity contribution in [2.24, 2.45) is 0 Å². The van der Waals surface area contributed by atoms with Crippen LogP contribution in [0.25, 0.3) is 0 Å². The highest BCUT2D eigenvalue weighted by Crippen LogP contribution is 2.27. The van der Waals surface area contributed by atoms with Gasteiger partial charge in [-0.1, -0.05) is 24.3 Å². The van der Waals surface area contributed by atoms with Crippen LogP contribution in [0, 0.1) is 10.1 Å². The molecule has 18 heavy (non-hydrogen) atoms. The summed E-state index contributed by atoms with van der Waals surface area (Å²) in [4.78, 5) is 12.4. The van der Waals surface area contributed by atoms with Gasteiger partial charge in [-0.3, -0.25) is 10.1 Å². The van der Waals surface area contributed by atoms with Crippen LogP contribution in [0.3, 0.4) is 0 Å². The van der Waals surface area contributed by atoms with Crippen LogP contribution >= 0.6 is 0 Å². The van der Waals surface area contributed by atoms with Gasteiger partial charge < -0.3 is 4.90 Å². The Morgan fingerprint density at radius 2 is 1.72 bits per heavy atom. The van der Waals surface area contributed by atoms with E-state index < -0.39 is 0 Å². The van der Waals surface area contributed by atoms with Crippen LogP contribution in [0.1, 0.15) is 6.92 Å². The minimum atomic E-state index is -0.373. The first-order chi connectivity index (χ1) is 8.72. The molecule has 0 saturated carbocycles. The number of nitro benzene ring substituents is 1. The first-order valence-electron chi connectivity index (χ1n) is 5.79. The molecule has 0 aliphatic heterocycles. The number of nitrogens with zero attached hydrogens (tertiary/aromatic N) is 2. The Morgan fingerprint density at radius 3 is 2.33 bits per heavy atom. The van der Waals surface area contributed by atoms with Crippen LogP contribution in [0.2, 0.25) is 0 Å². The number of hydrogen-bond donors (Lipinski definition) is 0. The van der Waals surface area contributed by atoms with E-state index in [-0.39, 0.29) is 10.6 Å². The van der Waals surface area contributed by atoms with E-state index in [1.54, 1.807) is 12.1 Å². The Kier molecular flexibility index (Phi) is 3.57. The maximum atomic E-state index is 10.8. The lowest BCUT2D eigenvalue weighted by molar-refractivity contribution is -0.384. The largest absolute Gasteiger partial charge is 0.342 e. The zero-order valence-electron chi connectivity index (χ0n) is 10.1. The van der Waals surface area contributed by atoms with E-state index in [4.69, 9.17) is 0 Å². The van der Waals surface area contributed by atoms with Gasteiger partial charge in [0.05, 0.1) is 4.92 Å². The molecule has 0 amide bonds. The molecule has 2 rings (SSSR count). The third-order valence-corrected chi connectivity index (χ3v) is 2.74. The van der Waals surface area contributed by atoms with E-state index in [2.05, 4.69) is 0 Å². The number of hydrogen-bond acceptors (Lipinski definition) is 3. The van der Waals surface area contributed by atoms with Crippen molar-refractivity contribution in [3.63, 3.8) is 0 Å². The van der Waals surface area contributed by atoms with Crippen LogP contribution in [-0.2, 0) is 0 Å². The molecule has 0 fully saturated rings. The van der Waals surface area contributed by atoms with Crippen LogP contribution in [0.15, 0.2) is 54.6 Å². The van der Waals surface area contributed by atoms with Crippen molar-refractivity contribution in [1.29, 1.82) is 0 Å². The molecule has 0 heterocycles. The highest BCUT2D eigenvalue weighted by atomic mass is 16.6. The van der Waals surface area contributed by atoms with Gasteiger partial charge in [0.15, 0.2) is 0 Å². The average Bonchev–Trinajstić information content (AvgIpc) is 2.41. The molecule has 0 atom stereocenters. The average molecular weight is 242 g/mol. The van der Waals surface area contributed by atoms with Gasteiger partial charge in [0, 0.05) is 30.1 Å². The smallest absolute Gasteiger partial charge is 0.271 e. The van der Waals surface area contributed by atoms with Gasteiger partial charge in [0.25, 0.3) is 5.69 Å². The molecule has 0 spiro atoms. The van der Waals surface area contributed by atoms with E-state index in [1.807, 2.05) is 48.2 Å². The van der Waals surface area contributed by atoms with Crippen LogP contribution in [0.5, 0.6) is 0 Å². The van der Waals surface area contributed by atoms with E-state index in [1.165, 1.54) is 6.07 Å². The minimum Gasteiger partial charge on any atom is -0.342 e. The van der Waals surface area contributed by atoms with Gasteiger partial charge in [0.2, 0.25) is 0 Å². The van der Waals surface area contributed by atoms with E-state index in [0.29, 0.717) is 0 Å². The molecule has 0 unspecified atom stereocenters. The molecule has 0 saturated heterocycles. The Bertz CT molecular complexity index is 541. The van der Waals surface area contributed by atoms with Gasteiger partial charge in [-0.15, -0.1) is 0 Å². The quantitative estimate of drug-likeness (QED) is 0.606. The number of para-hydroxylation sites is 1. The molecule has 0 aromatic heterocycles. The molecule has 0 radical (unpaired) electrons. The first-order valence-corrected chi connectivity index (χ1v) is 5.79. The summed E-state index contributed by atoms with van der Waals surface area (Å²) in [6.45, 7) is 2.77. The Balaban J connectivity index is 2.39. The van der Waals surface area contributed by atoms with Crippen LogP contribution in [-0.4, -0.2) is 11.5 Å². The second-order valence-corrected chi connectivity index (χ2v) is 3.86. The normalized spacial score (nSPS) is 10.1. The monoisotopic (exact) mass is 242 g/mol. The van der Waals surface area contributed by atoms with Crippen molar-refractivity contribution in [3.05, 3.63) is 64.7 Å². The summed E-state index contributed by atoms with van der Waals surface area (Å²) in [6, 6.07) is 16.5. The summed E-state index contributed by atoms with van der Waals surface area (Å²) < 4.78 is 0. The molecule has 2 aromatic carbocycles. The van der Waals surface area contributed by atoms with Gasteiger partial charge in [-0.05, 0) is 25.1 Å². The minimum absolute atomic E-state index is 0.113. The maximum absolute atomic E-state index is 10.8. The molecule has 92 valence electrons. The van der Waals surface area contributed by atoms with E-state index >= 15 is 0 Å². The lowest BCUT2D eigenvalue weighted by atomic mass is 10.2. The third-order valence-electron chi connectivity index (χ3n) is 2.74. The zero-order chi connectivity index (χ0) is 13.0. The molecular formula is C14H14N2O2. The number of rotatable bonds is 4. The molecule has 4 nitrogen and oxygen atoms in total. The van der Waals surface area contributed by atoms with Crippen LogP contribution in [0.4, 0.5) is 17.1 Å². The van der Waals surface area contributed by atoms with Crippen LogP contribution < -0.4 is 4.90 Å². The number of benzene rings is 2. The van der Waals surface area contributed by atoms with E-state index in [0.717, 1.165) is 17.9 Å². The predicted octanol–water partition coefficient (Wildman–Crippen LogP) is 3.75. The van der Waals surface area contributed by atoms with Crippen molar-refractivity contribution in [2.75, 3.05) is 11.4 Å². The Labute approximate surface area is 106 Å². The standard InChI is InChI=1S/C14H14N2O2/c1-2-15(12-7-4-3-5-8-12)13-9-6-10-14(11-13)16(17)18/h3-11H,2H2,1H3. The molecular weight excluding hydrogens is 228 g/mol. The van der Waals surface area contributed by atoms with Gasteiger partial charge in [-0.2, -0.15) is 0 Å². The highest BCUT2D eigenvalue weighted by Gasteiger charge is 2.11. The Hall–Kier alpha value is -2.36. The van der Waals surface area contributed by atoms with Crippen molar-refractivity contribution in [3.8, 4) is 0 Å². The van der Waals surface area contributed by atoms with Gasteiger partial charge >= 0.3 is 0 Å². The molecule has 0 N–H and O–H groups in total. The summed E-state index contributed by atoms with van der Waals surface area (Å²) in [7, 11) is 0. The summed E-state index contributed by atoms with van der Waals surface area (Å²) in [5, 5.41) is 10.8. The Morgan fingerprint density at radius 1 is 1.06 bits per heavy atom.